The Balaban J connectivity index is 2.15. The second-order valence-corrected chi connectivity index (χ2v) is 9.43. The summed E-state index contributed by atoms with van der Waals surface area (Å²) in [5, 5.41) is 8.71. The minimum absolute atomic E-state index is 0.00242. The Morgan fingerprint density at radius 2 is 1.10 bits per heavy atom. The zero-order valence-corrected chi connectivity index (χ0v) is 19.2. The van der Waals surface area contributed by atoms with Crippen molar-refractivity contribution < 1.29 is 14.4 Å². The molecule has 1 saturated carbocycles. The van der Waals surface area contributed by atoms with Crippen LogP contribution in [0.1, 0.15) is 67.2 Å². The van der Waals surface area contributed by atoms with Crippen molar-refractivity contribution in [1.29, 1.82) is 0 Å². The average Bonchev–Trinajstić information content (AvgIpc) is 2.67. The Labute approximate surface area is 180 Å². The Morgan fingerprint density at radius 1 is 0.700 bits per heavy atom. The van der Waals surface area contributed by atoms with Crippen molar-refractivity contribution in [3.63, 3.8) is 0 Å². The van der Waals surface area contributed by atoms with Crippen molar-refractivity contribution in [3.05, 3.63) is 18.2 Å². The number of rotatable bonds is 7. The molecule has 0 spiro atoms. The molecule has 0 heterocycles. The van der Waals surface area contributed by atoms with Gasteiger partial charge in [-0.2, -0.15) is 0 Å². The minimum atomic E-state index is -0.173. The van der Waals surface area contributed by atoms with E-state index in [0.717, 1.165) is 25.7 Å². The fourth-order valence-corrected chi connectivity index (χ4v) is 3.71. The SMILES string of the molecule is CC(C)C(=O)Nc1cc(NC(=O)C(C)C)cc(NC(=O)[C@H]2CC[C@@H](C(C)C)CC2)c1. The molecule has 30 heavy (non-hydrogen) atoms. The smallest absolute Gasteiger partial charge is 0.227 e. The number of hydrogen-bond acceptors (Lipinski definition) is 3. The number of benzene rings is 1. The first kappa shape index (κ1) is 23.9. The van der Waals surface area contributed by atoms with Crippen LogP contribution in [0.5, 0.6) is 0 Å². The summed E-state index contributed by atoms with van der Waals surface area (Å²) >= 11 is 0. The van der Waals surface area contributed by atoms with Crippen molar-refractivity contribution in [2.75, 3.05) is 16.0 Å². The summed E-state index contributed by atoms with van der Waals surface area (Å²) < 4.78 is 0. The van der Waals surface area contributed by atoms with E-state index in [1.54, 1.807) is 18.2 Å². The molecule has 6 heteroatoms. The Kier molecular flexibility index (Phi) is 8.44. The van der Waals surface area contributed by atoms with Crippen LogP contribution in [0.15, 0.2) is 18.2 Å². The van der Waals surface area contributed by atoms with Gasteiger partial charge in [-0.25, -0.2) is 0 Å². The molecule has 0 aliphatic heterocycles. The first-order valence-corrected chi connectivity index (χ1v) is 11.1. The first-order chi connectivity index (χ1) is 14.1. The number of anilines is 3. The molecule has 3 amide bonds. The summed E-state index contributed by atoms with van der Waals surface area (Å²) in [4.78, 5) is 37.1. The van der Waals surface area contributed by atoms with E-state index in [1.807, 2.05) is 27.7 Å². The Bertz CT molecular complexity index is 723. The summed E-state index contributed by atoms with van der Waals surface area (Å²) in [5.41, 5.74) is 1.68. The van der Waals surface area contributed by atoms with E-state index in [4.69, 9.17) is 0 Å². The molecule has 1 aromatic carbocycles. The first-order valence-electron chi connectivity index (χ1n) is 11.1. The molecule has 0 bridgehead atoms. The maximum atomic E-state index is 12.8. The summed E-state index contributed by atoms with van der Waals surface area (Å²) in [6.07, 6.45) is 3.96. The highest BCUT2D eigenvalue weighted by Crippen LogP contribution is 2.34. The second kappa shape index (κ2) is 10.6. The highest BCUT2D eigenvalue weighted by atomic mass is 16.2. The number of carbonyl (C=O) groups is 3. The molecular weight excluding hydrogens is 378 g/mol. The lowest BCUT2D eigenvalue weighted by molar-refractivity contribution is -0.121. The van der Waals surface area contributed by atoms with Crippen LogP contribution in [0.4, 0.5) is 17.1 Å². The monoisotopic (exact) mass is 415 g/mol. The lowest BCUT2D eigenvalue weighted by Crippen LogP contribution is -2.28. The molecule has 0 saturated heterocycles. The van der Waals surface area contributed by atoms with Crippen LogP contribution < -0.4 is 16.0 Å². The van der Waals surface area contributed by atoms with Gasteiger partial charge in [0.25, 0.3) is 0 Å². The predicted octanol–water partition coefficient (Wildman–Crippen LogP) is 5.28. The summed E-state index contributed by atoms with van der Waals surface area (Å²) in [6, 6.07) is 5.19. The molecule has 0 aromatic heterocycles. The third-order valence-corrected chi connectivity index (χ3v) is 5.87. The van der Waals surface area contributed by atoms with Crippen LogP contribution in [0.25, 0.3) is 0 Å². The van der Waals surface area contributed by atoms with Crippen molar-refractivity contribution >= 4 is 34.8 Å². The zero-order valence-electron chi connectivity index (χ0n) is 19.2. The zero-order chi connectivity index (χ0) is 22.4. The summed E-state index contributed by atoms with van der Waals surface area (Å²) in [6.45, 7) is 11.8. The van der Waals surface area contributed by atoms with Gasteiger partial charge in [-0.05, 0) is 55.7 Å². The highest BCUT2D eigenvalue weighted by Gasteiger charge is 2.27. The quantitative estimate of drug-likeness (QED) is 0.566. The van der Waals surface area contributed by atoms with Crippen LogP contribution in [0, 0.1) is 29.6 Å². The van der Waals surface area contributed by atoms with Gasteiger partial charge in [-0.15, -0.1) is 0 Å². The molecule has 1 aromatic rings. The highest BCUT2D eigenvalue weighted by molar-refractivity contribution is 5.99. The molecule has 1 fully saturated rings. The Morgan fingerprint density at radius 3 is 1.47 bits per heavy atom. The molecule has 0 radical (unpaired) electrons. The number of carbonyl (C=O) groups excluding carboxylic acids is 3. The van der Waals surface area contributed by atoms with Gasteiger partial charge in [0.1, 0.15) is 0 Å². The molecule has 1 aliphatic carbocycles. The largest absolute Gasteiger partial charge is 0.326 e. The van der Waals surface area contributed by atoms with Crippen molar-refractivity contribution in [2.45, 2.75) is 67.2 Å². The molecule has 0 unspecified atom stereocenters. The third-order valence-electron chi connectivity index (χ3n) is 5.87. The van der Waals surface area contributed by atoms with Gasteiger partial charge >= 0.3 is 0 Å². The van der Waals surface area contributed by atoms with E-state index in [-0.39, 0.29) is 35.5 Å². The van der Waals surface area contributed by atoms with E-state index >= 15 is 0 Å². The minimum Gasteiger partial charge on any atom is -0.326 e. The van der Waals surface area contributed by atoms with E-state index in [1.165, 1.54) is 0 Å². The van der Waals surface area contributed by atoms with E-state index in [2.05, 4.69) is 29.8 Å². The maximum Gasteiger partial charge on any atom is 0.227 e. The third kappa shape index (κ3) is 6.85. The van der Waals surface area contributed by atoms with E-state index < -0.39 is 0 Å². The number of amides is 3. The summed E-state index contributed by atoms with van der Waals surface area (Å²) in [5.74, 6) is 0.775. The van der Waals surface area contributed by atoms with Crippen molar-refractivity contribution in [1.82, 2.24) is 0 Å². The van der Waals surface area contributed by atoms with E-state index in [0.29, 0.717) is 28.9 Å². The summed E-state index contributed by atoms with van der Waals surface area (Å²) in [7, 11) is 0. The van der Waals surface area contributed by atoms with Gasteiger partial charge in [-0.3, -0.25) is 14.4 Å². The molecule has 0 atom stereocenters. The van der Waals surface area contributed by atoms with Crippen LogP contribution in [-0.4, -0.2) is 17.7 Å². The molecule has 6 nitrogen and oxygen atoms in total. The van der Waals surface area contributed by atoms with Crippen molar-refractivity contribution in [2.24, 2.45) is 29.6 Å². The van der Waals surface area contributed by atoms with Gasteiger partial charge in [0, 0.05) is 34.8 Å². The normalized spacial score (nSPS) is 19.1. The van der Waals surface area contributed by atoms with Crippen LogP contribution in [-0.2, 0) is 14.4 Å². The molecular formula is C24H37N3O3. The number of hydrogen-bond donors (Lipinski definition) is 3. The standard InChI is InChI=1S/C24H37N3O3/c1-14(2)17-7-9-18(10-8-17)24(30)27-21-12-19(25-22(28)15(3)4)11-20(13-21)26-23(29)16(5)6/h11-18H,7-10H2,1-6H3,(H,25,28)(H,26,29)(H,27,30)/t17-,18+. The predicted molar refractivity (Wildman–Crippen MR) is 122 cm³/mol. The van der Waals surface area contributed by atoms with Gasteiger partial charge < -0.3 is 16.0 Å². The van der Waals surface area contributed by atoms with E-state index in [9.17, 15) is 14.4 Å². The molecule has 166 valence electrons. The lowest BCUT2D eigenvalue weighted by Gasteiger charge is -2.30. The molecule has 3 N–H and O–H groups in total. The van der Waals surface area contributed by atoms with Gasteiger partial charge in [0.05, 0.1) is 0 Å². The molecule has 1 aliphatic rings. The molecule has 2 rings (SSSR count). The Hall–Kier alpha value is -2.37. The second-order valence-electron chi connectivity index (χ2n) is 9.43. The lowest BCUT2D eigenvalue weighted by atomic mass is 9.76. The fourth-order valence-electron chi connectivity index (χ4n) is 3.71. The van der Waals surface area contributed by atoms with Gasteiger partial charge in [0.15, 0.2) is 0 Å². The van der Waals surface area contributed by atoms with Crippen molar-refractivity contribution in [3.8, 4) is 0 Å². The van der Waals surface area contributed by atoms with Crippen LogP contribution in [0.2, 0.25) is 0 Å². The van der Waals surface area contributed by atoms with Crippen LogP contribution >= 0.6 is 0 Å². The van der Waals surface area contributed by atoms with Crippen LogP contribution in [0.3, 0.4) is 0 Å². The van der Waals surface area contributed by atoms with Gasteiger partial charge in [0.2, 0.25) is 17.7 Å². The maximum absolute atomic E-state index is 12.8. The fraction of sp³-hybridized carbons (Fsp3) is 0.625. The topological polar surface area (TPSA) is 87.3 Å². The average molecular weight is 416 g/mol. The number of nitrogens with one attached hydrogen (secondary N) is 3. The van der Waals surface area contributed by atoms with Gasteiger partial charge in [-0.1, -0.05) is 41.5 Å².